The van der Waals surface area contributed by atoms with Crippen molar-refractivity contribution in [3.63, 3.8) is 0 Å². The Morgan fingerprint density at radius 2 is 1.88 bits per heavy atom. The Hall–Kier alpha value is -2.87. The SMILES string of the molecule is Cc1nnc2n1N[C@H](c1ccccc1)[C@@H](C(=O)Nc1ccc(F)cc1)S2. The summed E-state index contributed by atoms with van der Waals surface area (Å²) in [5, 5.41) is 11.2. The predicted molar refractivity (Wildman–Crippen MR) is 98.0 cm³/mol. The summed E-state index contributed by atoms with van der Waals surface area (Å²) in [6.07, 6.45) is 0. The van der Waals surface area contributed by atoms with Gasteiger partial charge in [0, 0.05) is 5.69 Å². The maximum Gasteiger partial charge on any atom is 0.240 e. The number of thioether (sulfide) groups is 1. The number of nitrogens with one attached hydrogen (secondary N) is 2. The first-order chi connectivity index (χ1) is 12.6. The van der Waals surface area contributed by atoms with Crippen molar-refractivity contribution < 1.29 is 9.18 Å². The lowest BCUT2D eigenvalue weighted by Gasteiger charge is -2.32. The summed E-state index contributed by atoms with van der Waals surface area (Å²) in [7, 11) is 0. The Morgan fingerprint density at radius 1 is 1.15 bits per heavy atom. The highest BCUT2D eigenvalue weighted by molar-refractivity contribution is 8.00. The van der Waals surface area contributed by atoms with Crippen LogP contribution in [-0.2, 0) is 4.79 Å². The molecule has 0 unspecified atom stereocenters. The fourth-order valence-electron chi connectivity index (χ4n) is 2.82. The molecule has 3 aromatic rings. The highest BCUT2D eigenvalue weighted by Gasteiger charge is 2.37. The molecule has 2 aromatic carbocycles. The van der Waals surface area contributed by atoms with Crippen LogP contribution < -0.4 is 10.7 Å². The second-order valence-corrected chi connectivity index (χ2v) is 7.03. The molecule has 1 aromatic heterocycles. The van der Waals surface area contributed by atoms with E-state index < -0.39 is 5.25 Å². The first kappa shape index (κ1) is 16.6. The number of carbonyl (C=O) groups excluding carboxylic acids is 1. The Morgan fingerprint density at radius 3 is 2.62 bits per heavy atom. The minimum atomic E-state index is -0.460. The number of anilines is 1. The van der Waals surface area contributed by atoms with Gasteiger partial charge in [0.05, 0.1) is 6.04 Å². The number of aromatic nitrogens is 3. The number of amides is 1. The highest BCUT2D eigenvalue weighted by atomic mass is 32.2. The molecule has 0 bridgehead atoms. The van der Waals surface area contributed by atoms with Crippen molar-refractivity contribution >= 4 is 23.4 Å². The molecule has 0 saturated heterocycles. The second-order valence-electron chi connectivity index (χ2n) is 5.92. The number of benzene rings is 2. The third kappa shape index (κ3) is 3.15. The van der Waals surface area contributed by atoms with Gasteiger partial charge in [0.1, 0.15) is 16.9 Å². The Labute approximate surface area is 153 Å². The summed E-state index contributed by atoms with van der Waals surface area (Å²) < 4.78 is 14.9. The van der Waals surface area contributed by atoms with Crippen LogP contribution in [0.1, 0.15) is 17.4 Å². The van der Waals surface area contributed by atoms with Gasteiger partial charge in [0.2, 0.25) is 11.1 Å². The standard InChI is InChI=1S/C18H16FN5OS/c1-11-21-22-18-24(11)23-15(12-5-3-2-4-6-12)16(26-18)17(25)20-14-9-7-13(19)8-10-14/h2-10,15-16,23H,1H3,(H,20,25)/t15-,16+/m1/s1. The van der Waals surface area contributed by atoms with Gasteiger partial charge >= 0.3 is 0 Å². The maximum absolute atomic E-state index is 13.1. The summed E-state index contributed by atoms with van der Waals surface area (Å²) in [5.41, 5.74) is 4.87. The Balaban J connectivity index is 1.64. The zero-order valence-corrected chi connectivity index (χ0v) is 14.7. The number of hydrogen-bond donors (Lipinski definition) is 2. The summed E-state index contributed by atoms with van der Waals surface area (Å²) >= 11 is 1.35. The Bertz CT molecular complexity index is 929. The summed E-state index contributed by atoms with van der Waals surface area (Å²) in [6, 6.07) is 15.2. The third-order valence-electron chi connectivity index (χ3n) is 4.13. The van der Waals surface area contributed by atoms with Crippen LogP contribution >= 0.6 is 11.8 Å². The van der Waals surface area contributed by atoms with Crippen LogP contribution in [0.4, 0.5) is 10.1 Å². The average molecular weight is 369 g/mol. The number of carbonyl (C=O) groups is 1. The third-order valence-corrected chi connectivity index (χ3v) is 5.34. The van der Waals surface area contributed by atoms with Crippen molar-refractivity contribution in [1.82, 2.24) is 14.9 Å². The number of fused-ring (bicyclic) bond motifs is 1. The number of nitrogens with zero attached hydrogens (tertiary/aromatic N) is 3. The average Bonchev–Trinajstić information content (AvgIpc) is 3.03. The van der Waals surface area contributed by atoms with Gasteiger partial charge in [-0.25, -0.2) is 9.07 Å². The molecule has 4 rings (SSSR count). The van der Waals surface area contributed by atoms with Crippen molar-refractivity contribution in [2.75, 3.05) is 10.7 Å². The first-order valence-corrected chi connectivity index (χ1v) is 8.96. The molecule has 0 radical (unpaired) electrons. The van der Waals surface area contributed by atoms with E-state index in [4.69, 9.17) is 0 Å². The van der Waals surface area contributed by atoms with Crippen LogP contribution in [-0.4, -0.2) is 26.0 Å². The maximum atomic E-state index is 13.1. The topological polar surface area (TPSA) is 71.8 Å². The van der Waals surface area contributed by atoms with Crippen LogP contribution in [0, 0.1) is 12.7 Å². The molecule has 2 atom stereocenters. The van der Waals surface area contributed by atoms with Gasteiger partial charge in [-0.3, -0.25) is 4.79 Å². The molecule has 2 N–H and O–H groups in total. The minimum absolute atomic E-state index is 0.185. The molecule has 1 amide bonds. The van der Waals surface area contributed by atoms with Crippen LogP contribution in [0.5, 0.6) is 0 Å². The van der Waals surface area contributed by atoms with Crippen molar-refractivity contribution in [2.45, 2.75) is 23.4 Å². The number of halogens is 1. The van der Waals surface area contributed by atoms with E-state index in [0.29, 0.717) is 10.8 Å². The Kier molecular flexibility index (Phi) is 4.34. The fourth-order valence-corrected chi connectivity index (χ4v) is 3.94. The quantitative estimate of drug-likeness (QED) is 0.742. The molecular formula is C18H16FN5OS. The van der Waals surface area contributed by atoms with Crippen molar-refractivity contribution in [3.05, 3.63) is 71.8 Å². The fraction of sp³-hybridized carbons (Fsp3) is 0.167. The van der Waals surface area contributed by atoms with Crippen molar-refractivity contribution in [3.8, 4) is 0 Å². The minimum Gasteiger partial charge on any atom is -0.325 e. The molecule has 0 aliphatic carbocycles. The van der Waals surface area contributed by atoms with Crippen molar-refractivity contribution in [1.29, 1.82) is 0 Å². The van der Waals surface area contributed by atoms with E-state index in [1.165, 1.54) is 23.9 Å². The second kappa shape index (κ2) is 6.80. The largest absolute Gasteiger partial charge is 0.325 e. The van der Waals surface area contributed by atoms with Crippen LogP contribution in [0.2, 0.25) is 0 Å². The van der Waals surface area contributed by atoms with E-state index in [1.807, 2.05) is 37.3 Å². The lowest BCUT2D eigenvalue weighted by atomic mass is 10.0. The molecule has 6 nitrogen and oxygen atoms in total. The van der Waals surface area contributed by atoms with E-state index in [-0.39, 0.29) is 17.8 Å². The molecule has 2 heterocycles. The van der Waals surface area contributed by atoms with Gasteiger partial charge in [-0.05, 0) is 36.8 Å². The molecular weight excluding hydrogens is 353 g/mol. The summed E-state index contributed by atoms with van der Waals surface area (Å²) in [6.45, 7) is 1.85. The lowest BCUT2D eigenvalue weighted by molar-refractivity contribution is -0.116. The van der Waals surface area contributed by atoms with E-state index in [9.17, 15) is 9.18 Å². The van der Waals surface area contributed by atoms with Crippen LogP contribution in [0.25, 0.3) is 0 Å². The number of aryl methyl sites for hydroxylation is 1. The van der Waals surface area contributed by atoms with Crippen LogP contribution in [0.3, 0.4) is 0 Å². The number of rotatable bonds is 3. The molecule has 132 valence electrons. The van der Waals surface area contributed by atoms with E-state index in [2.05, 4.69) is 20.9 Å². The van der Waals surface area contributed by atoms with Gasteiger partial charge in [-0.15, -0.1) is 10.2 Å². The molecule has 0 saturated carbocycles. The lowest BCUT2D eigenvalue weighted by Crippen LogP contribution is -2.41. The predicted octanol–water partition coefficient (Wildman–Crippen LogP) is 3.12. The summed E-state index contributed by atoms with van der Waals surface area (Å²) in [4.78, 5) is 12.9. The molecule has 0 fully saturated rings. The van der Waals surface area contributed by atoms with Gasteiger partial charge < -0.3 is 10.7 Å². The summed E-state index contributed by atoms with van der Waals surface area (Å²) in [5.74, 6) is 0.197. The molecule has 1 aliphatic heterocycles. The molecule has 8 heteroatoms. The van der Waals surface area contributed by atoms with Gasteiger partial charge in [0.15, 0.2) is 0 Å². The van der Waals surface area contributed by atoms with Crippen molar-refractivity contribution in [2.24, 2.45) is 0 Å². The highest BCUT2D eigenvalue weighted by Crippen LogP contribution is 2.37. The number of hydrogen-bond acceptors (Lipinski definition) is 5. The first-order valence-electron chi connectivity index (χ1n) is 8.08. The van der Waals surface area contributed by atoms with Gasteiger partial charge in [-0.1, -0.05) is 42.1 Å². The van der Waals surface area contributed by atoms with E-state index >= 15 is 0 Å². The zero-order chi connectivity index (χ0) is 18.1. The van der Waals surface area contributed by atoms with Gasteiger partial charge in [0.25, 0.3) is 0 Å². The molecule has 26 heavy (non-hydrogen) atoms. The van der Waals surface area contributed by atoms with Gasteiger partial charge in [-0.2, -0.15) is 0 Å². The van der Waals surface area contributed by atoms with E-state index in [0.717, 1.165) is 11.4 Å². The smallest absolute Gasteiger partial charge is 0.240 e. The molecule has 0 spiro atoms. The molecule has 1 aliphatic rings. The monoisotopic (exact) mass is 369 g/mol. The van der Waals surface area contributed by atoms with E-state index in [1.54, 1.807) is 16.8 Å². The normalized spacial score (nSPS) is 18.7. The van der Waals surface area contributed by atoms with Crippen LogP contribution in [0.15, 0.2) is 59.8 Å². The zero-order valence-electron chi connectivity index (χ0n) is 13.9.